The van der Waals surface area contributed by atoms with Crippen LogP contribution in [-0.4, -0.2) is 57.2 Å². The first kappa shape index (κ1) is 22.4. The van der Waals surface area contributed by atoms with Crippen molar-refractivity contribution in [1.29, 1.82) is 0 Å². The standard InChI is InChI=1S/C17H21Cl2FN6O4/c1-10-14(26(27)28)16(24-25(10)12-3-5-29-6-4-12)30-7-2-11(8-20)22-15-13(18)9-21-17(19)23-15/h9,11-12H,2-8H2,1H3,(H,21,22,23). The molecule has 10 nitrogen and oxygen atoms in total. The Balaban J connectivity index is 1.66. The van der Waals surface area contributed by atoms with Crippen LogP contribution in [0.2, 0.25) is 10.3 Å². The monoisotopic (exact) mass is 462 g/mol. The first-order valence-electron chi connectivity index (χ1n) is 9.35. The number of alkyl halides is 1. The maximum atomic E-state index is 13.4. The number of nitrogens with one attached hydrogen (secondary N) is 1. The van der Waals surface area contributed by atoms with Crippen LogP contribution in [0.25, 0.3) is 0 Å². The average molecular weight is 463 g/mol. The molecular formula is C17H21Cl2FN6O4. The van der Waals surface area contributed by atoms with Crippen molar-refractivity contribution in [1.82, 2.24) is 19.7 Å². The summed E-state index contributed by atoms with van der Waals surface area (Å²) >= 11 is 11.7. The molecule has 1 fully saturated rings. The summed E-state index contributed by atoms with van der Waals surface area (Å²) in [4.78, 5) is 18.7. The second-order valence-corrected chi connectivity index (χ2v) is 7.50. The fourth-order valence-corrected chi connectivity index (χ4v) is 3.48. The van der Waals surface area contributed by atoms with Gasteiger partial charge in [0, 0.05) is 19.6 Å². The molecule has 3 heterocycles. The van der Waals surface area contributed by atoms with Crippen LogP contribution in [0.4, 0.5) is 15.9 Å². The number of hydrogen-bond donors (Lipinski definition) is 1. The number of aromatic nitrogens is 4. The quantitative estimate of drug-likeness (QED) is 0.339. The topological polar surface area (TPSA) is 117 Å². The van der Waals surface area contributed by atoms with Crippen molar-refractivity contribution in [3.63, 3.8) is 0 Å². The van der Waals surface area contributed by atoms with E-state index >= 15 is 0 Å². The number of ether oxygens (including phenoxy) is 2. The molecule has 0 bridgehead atoms. The Morgan fingerprint density at radius 3 is 2.87 bits per heavy atom. The summed E-state index contributed by atoms with van der Waals surface area (Å²) in [6, 6.07) is -0.675. The molecule has 0 spiro atoms. The second kappa shape index (κ2) is 10.2. The third-order valence-corrected chi connectivity index (χ3v) is 5.21. The molecular weight excluding hydrogens is 442 g/mol. The third-order valence-electron chi connectivity index (χ3n) is 4.75. The smallest absolute Gasteiger partial charge is 0.352 e. The summed E-state index contributed by atoms with van der Waals surface area (Å²) in [5, 5.41) is 18.8. The molecule has 0 aliphatic carbocycles. The lowest BCUT2D eigenvalue weighted by molar-refractivity contribution is -0.386. The molecule has 2 aromatic heterocycles. The number of nitro groups is 1. The van der Waals surface area contributed by atoms with Crippen molar-refractivity contribution in [2.24, 2.45) is 0 Å². The maximum Gasteiger partial charge on any atom is 0.352 e. The molecule has 1 aliphatic heterocycles. The van der Waals surface area contributed by atoms with Gasteiger partial charge >= 0.3 is 11.6 Å². The molecule has 1 saturated heterocycles. The molecule has 13 heteroatoms. The van der Waals surface area contributed by atoms with Crippen molar-refractivity contribution in [2.75, 3.05) is 31.8 Å². The van der Waals surface area contributed by atoms with E-state index < -0.39 is 17.6 Å². The Morgan fingerprint density at radius 2 is 2.20 bits per heavy atom. The number of anilines is 1. The fraction of sp³-hybridized carbons (Fsp3) is 0.588. The first-order valence-corrected chi connectivity index (χ1v) is 10.1. The van der Waals surface area contributed by atoms with E-state index in [0.29, 0.717) is 18.9 Å². The van der Waals surface area contributed by atoms with Crippen LogP contribution in [0.3, 0.4) is 0 Å². The molecule has 1 unspecified atom stereocenters. The summed E-state index contributed by atoms with van der Waals surface area (Å²) in [6.45, 7) is 2.06. The zero-order valence-electron chi connectivity index (χ0n) is 16.2. The van der Waals surface area contributed by atoms with Gasteiger partial charge in [0.25, 0.3) is 0 Å². The van der Waals surface area contributed by atoms with E-state index in [0.717, 1.165) is 12.8 Å². The summed E-state index contributed by atoms with van der Waals surface area (Å²) in [5.41, 5.74) is 0.237. The lowest BCUT2D eigenvalue weighted by atomic mass is 10.1. The highest BCUT2D eigenvalue weighted by Crippen LogP contribution is 2.34. The molecule has 2 aromatic rings. The highest BCUT2D eigenvalue weighted by atomic mass is 35.5. The lowest BCUT2D eigenvalue weighted by Gasteiger charge is -2.22. The molecule has 1 N–H and O–H groups in total. The Morgan fingerprint density at radius 1 is 1.47 bits per heavy atom. The highest BCUT2D eigenvalue weighted by molar-refractivity contribution is 6.33. The van der Waals surface area contributed by atoms with Crippen molar-refractivity contribution in [3.05, 3.63) is 32.3 Å². The van der Waals surface area contributed by atoms with Crippen molar-refractivity contribution >= 4 is 34.7 Å². The van der Waals surface area contributed by atoms with Crippen LogP contribution < -0.4 is 10.1 Å². The molecule has 1 atom stereocenters. The van der Waals surface area contributed by atoms with E-state index in [9.17, 15) is 14.5 Å². The van der Waals surface area contributed by atoms with Crippen LogP contribution in [-0.2, 0) is 4.74 Å². The summed E-state index contributed by atoms with van der Waals surface area (Å²) in [6.07, 6.45) is 2.93. The lowest BCUT2D eigenvalue weighted by Crippen LogP contribution is -2.25. The predicted octanol–water partition coefficient (Wildman–Crippen LogP) is 3.77. The van der Waals surface area contributed by atoms with E-state index in [1.807, 2.05) is 0 Å². The second-order valence-electron chi connectivity index (χ2n) is 6.75. The molecule has 0 amide bonds. The largest absolute Gasteiger partial charge is 0.472 e. The zero-order chi connectivity index (χ0) is 21.7. The molecule has 1 aliphatic rings. The van der Waals surface area contributed by atoms with Gasteiger partial charge in [0.1, 0.15) is 23.2 Å². The van der Waals surface area contributed by atoms with Gasteiger partial charge in [-0.25, -0.2) is 9.37 Å². The SMILES string of the molecule is Cc1c([N+](=O)[O-])c(OCCC(CF)Nc2nc(Cl)ncc2Cl)nn1C1CCOCC1. The van der Waals surface area contributed by atoms with Crippen LogP contribution >= 0.6 is 23.2 Å². The van der Waals surface area contributed by atoms with Gasteiger partial charge in [0.15, 0.2) is 0 Å². The van der Waals surface area contributed by atoms with E-state index in [1.54, 1.807) is 11.6 Å². The summed E-state index contributed by atoms with van der Waals surface area (Å²) in [5.74, 6) is 0.120. The van der Waals surface area contributed by atoms with Gasteiger partial charge in [-0.3, -0.25) is 14.8 Å². The van der Waals surface area contributed by atoms with Crippen LogP contribution in [0.15, 0.2) is 6.20 Å². The summed E-state index contributed by atoms with van der Waals surface area (Å²) < 4.78 is 26.0. The molecule has 0 aromatic carbocycles. The van der Waals surface area contributed by atoms with Crippen LogP contribution in [0.5, 0.6) is 5.88 Å². The molecule has 164 valence electrons. The highest BCUT2D eigenvalue weighted by Gasteiger charge is 2.30. The number of hydrogen-bond acceptors (Lipinski definition) is 8. The Bertz CT molecular complexity index is 893. The zero-order valence-corrected chi connectivity index (χ0v) is 17.7. The normalized spacial score (nSPS) is 15.7. The van der Waals surface area contributed by atoms with Gasteiger partial charge in [0.05, 0.1) is 29.8 Å². The summed E-state index contributed by atoms with van der Waals surface area (Å²) in [7, 11) is 0. The van der Waals surface area contributed by atoms with Gasteiger partial charge in [-0.15, -0.1) is 5.10 Å². The molecule has 0 saturated carbocycles. The molecule has 3 rings (SSSR count). The van der Waals surface area contributed by atoms with E-state index in [-0.39, 0.29) is 46.8 Å². The predicted molar refractivity (Wildman–Crippen MR) is 108 cm³/mol. The first-order chi connectivity index (χ1) is 14.4. The minimum Gasteiger partial charge on any atom is -0.472 e. The van der Waals surface area contributed by atoms with Crippen LogP contribution in [0.1, 0.15) is 31.0 Å². The Kier molecular flexibility index (Phi) is 7.62. The van der Waals surface area contributed by atoms with Crippen LogP contribution in [0, 0.1) is 17.0 Å². The van der Waals surface area contributed by atoms with E-state index in [2.05, 4.69) is 20.4 Å². The van der Waals surface area contributed by atoms with E-state index in [4.69, 9.17) is 32.7 Å². The van der Waals surface area contributed by atoms with Crippen molar-refractivity contribution < 1.29 is 18.8 Å². The number of halogens is 3. The van der Waals surface area contributed by atoms with E-state index in [1.165, 1.54) is 6.20 Å². The number of rotatable bonds is 9. The average Bonchev–Trinajstić information content (AvgIpc) is 3.06. The maximum absolute atomic E-state index is 13.4. The van der Waals surface area contributed by atoms with Gasteiger partial charge in [-0.2, -0.15) is 4.98 Å². The van der Waals surface area contributed by atoms with Gasteiger partial charge in [0.2, 0.25) is 5.28 Å². The van der Waals surface area contributed by atoms with Gasteiger partial charge in [-0.1, -0.05) is 11.6 Å². The third kappa shape index (κ3) is 5.27. The fourth-order valence-electron chi connectivity index (χ4n) is 3.20. The number of nitrogens with zero attached hydrogens (tertiary/aromatic N) is 5. The minimum atomic E-state index is -0.737. The van der Waals surface area contributed by atoms with Gasteiger partial charge in [-0.05, 0) is 31.4 Å². The molecule has 30 heavy (non-hydrogen) atoms. The van der Waals surface area contributed by atoms with Gasteiger partial charge < -0.3 is 14.8 Å². The Hall–Kier alpha value is -2.24. The van der Waals surface area contributed by atoms with Crippen molar-refractivity contribution in [2.45, 2.75) is 38.3 Å². The minimum absolute atomic E-state index is 0.00307. The molecule has 0 radical (unpaired) electrons. The van der Waals surface area contributed by atoms with Crippen molar-refractivity contribution in [3.8, 4) is 5.88 Å². The Labute approximate surface area is 181 Å².